The molecule has 120 valence electrons. The summed E-state index contributed by atoms with van der Waals surface area (Å²) in [5.74, 6) is 0.0389. The second-order valence-electron chi connectivity index (χ2n) is 7.38. The molecule has 0 aromatic heterocycles. The Balaban J connectivity index is 2.39. The fourth-order valence-electron chi connectivity index (χ4n) is 4.00. The fourth-order valence-corrected chi connectivity index (χ4v) is 4.00. The number of rotatable bonds is 2. The quantitative estimate of drug-likeness (QED) is 0.851. The van der Waals surface area contributed by atoms with Gasteiger partial charge in [-0.1, -0.05) is 19.3 Å². The molecule has 2 amide bonds. The molecule has 2 aliphatic rings. The van der Waals surface area contributed by atoms with E-state index in [1.807, 2.05) is 25.7 Å². The Kier molecular flexibility index (Phi) is 4.49. The van der Waals surface area contributed by atoms with Crippen molar-refractivity contribution in [1.82, 2.24) is 9.80 Å². The molecule has 1 aliphatic carbocycles. The first-order valence-electron chi connectivity index (χ1n) is 8.12. The van der Waals surface area contributed by atoms with Gasteiger partial charge in [-0.05, 0) is 46.5 Å². The van der Waals surface area contributed by atoms with E-state index in [-0.39, 0.29) is 5.91 Å². The number of nitrogens with zero attached hydrogens (tertiary/aromatic N) is 2. The number of likely N-dealkylation sites (tertiary alicyclic amines) is 1. The highest BCUT2D eigenvalue weighted by Crippen LogP contribution is 2.40. The van der Waals surface area contributed by atoms with E-state index in [4.69, 9.17) is 0 Å². The minimum absolute atomic E-state index is 0.0389. The molecule has 0 spiro atoms. The van der Waals surface area contributed by atoms with Crippen molar-refractivity contribution in [1.29, 1.82) is 0 Å². The number of carbonyl (C=O) groups excluding carboxylic acids is 1. The number of amides is 2. The molecule has 0 atom stereocenters. The van der Waals surface area contributed by atoms with Crippen molar-refractivity contribution < 1.29 is 14.7 Å². The van der Waals surface area contributed by atoms with Crippen LogP contribution in [0.15, 0.2) is 0 Å². The molecule has 5 nitrogen and oxygen atoms in total. The Hall–Kier alpha value is -1.26. The second-order valence-corrected chi connectivity index (χ2v) is 7.38. The normalized spacial score (nSPS) is 22.1. The third-order valence-electron chi connectivity index (χ3n) is 4.76. The predicted octanol–water partition coefficient (Wildman–Crippen LogP) is 3.09. The van der Waals surface area contributed by atoms with E-state index in [0.29, 0.717) is 12.8 Å². The Labute approximate surface area is 127 Å². The molecular weight excluding hydrogens is 268 g/mol. The second kappa shape index (κ2) is 5.85. The van der Waals surface area contributed by atoms with Crippen LogP contribution in [-0.4, -0.2) is 51.1 Å². The number of carbonyl (C=O) groups is 2. The molecule has 21 heavy (non-hydrogen) atoms. The van der Waals surface area contributed by atoms with Gasteiger partial charge in [-0.25, -0.2) is 4.79 Å². The Bertz CT molecular complexity index is 402. The monoisotopic (exact) mass is 296 g/mol. The Morgan fingerprint density at radius 3 is 1.95 bits per heavy atom. The summed E-state index contributed by atoms with van der Waals surface area (Å²) in [7, 11) is 0. The van der Waals surface area contributed by atoms with Crippen LogP contribution >= 0.6 is 0 Å². The lowest BCUT2D eigenvalue weighted by molar-refractivity contribution is -0.148. The van der Waals surface area contributed by atoms with Gasteiger partial charge in [-0.15, -0.1) is 0 Å². The van der Waals surface area contributed by atoms with Gasteiger partial charge >= 0.3 is 6.09 Å². The molecule has 2 fully saturated rings. The van der Waals surface area contributed by atoms with E-state index in [2.05, 4.69) is 0 Å². The fraction of sp³-hybridized carbons (Fsp3) is 0.875. The van der Waals surface area contributed by atoms with Gasteiger partial charge in [0.1, 0.15) is 5.54 Å². The van der Waals surface area contributed by atoms with Crippen LogP contribution in [0.5, 0.6) is 0 Å². The average molecular weight is 296 g/mol. The van der Waals surface area contributed by atoms with Crippen LogP contribution in [0.1, 0.15) is 65.7 Å². The summed E-state index contributed by atoms with van der Waals surface area (Å²) in [5, 5.41) is 9.77. The number of carboxylic acid groups (broad SMARTS) is 1. The minimum atomic E-state index is -0.975. The van der Waals surface area contributed by atoms with Crippen molar-refractivity contribution in [2.75, 3.05) is 13.1 Å². The molecule has 2 rings (SSSR count). The van der Waals surface area contributed by atoms with Crippen molar-refractivity contribution in [2.24, 2.45) is 0 Å². The van der Waals surface area contributed by atoms with Crippen molar-refractivity contribution in [3.8, 4) is 0 Å². The van der Waals surface area contributed by atoms with Gasteiger partial charge in [0.2, 0.25) is 5.91 Å². The summed E-state index contributed by atoms with van der Waals surface area (Å²) in [6.07, 6.45) is 5.36. The van der Waals surface area contributed by atoms with Crippen molar-refractivity contribution >= 4 is 12.0 Å². The van der Waals surface area contributed by atoms with E-state index >= 15 is 0 Å². The summed E-state index contributed by atoms with van der Waals surface area (Å²) >= 11 is 0. The highest BCUT2D eigenvalue weighted by Gasteiger charge is 2.52. The largest absolute Gasteiger partial charge is 0.465 e. The van der Waals surface area contributed by atoms with Gasteiger partial charge in [0.05, 0.1) is 0 Å². The lowest BCUT2D eigenvalue weighted by Gasteiger charge is -2.50. The first kappa shape index (κ1) is 16.1. The summed E-state index contributed by atoms with van der Waals surface area (Å²) in [6.45, 7) is 7.20. The molecule has 1 aliphatic heterocycles. The predicted molar refractivity (Wildman–Crippen MR) is 81.2 cm³/mol. The van der Waals surface area contributed by atoms with Gasteiger partial charge in [0.15, 0.2) is 0 Å². The SMILES string of the molecule is CC(C)(C)N(C(=O)O)C1(C(=O)N2CCCC2)CCCCC1. The van der Waals surface area contributed by atoms with E-state index in [0.717, 1.165) is 45.2 Å². The van der Waals surface area contributed by atoms with E-state index in [1.165, 1.54) is 4.90 Å². The summed E-state index contributed by atoms with van der Waals surface area (Å²) < 4.78 is 0. The zero-order valence-corrected chi connectivity index (χ0v) is 13.5. The molecule has 0 unspecified atom stereocenters. The third-order valence-corrected chi connectivity index (χ3v) is 4.76. The first-order valence-corrected chi connectivity index (χ1v) is 8.12. The Morgan fingerprint density at radius 2 is 1.52 bits per heavy atom. The zero-order chi connectivity index (χ0) is 15.7. The molecule has 1 heterocycles. The molecule has 1 saturated carbocycles. The molecule has 0 aromatic carbocycles. The van der Waals surface area contributed by atoms with Crippen LogP contribution in [0.4, 0.5) is 4.79 Å². The van der Waals surface area contributed by atoms with Crippen molar-refractivity contribution in [3.63, 3.8) is 0 Å². The van der Waals surface area contributed by atoms with Crippen LogP contribution in [0.2, 0.25) is 0 Å². The lowest BCUT2D eigenvalue weighted by Crippen LogP contribution is -2.66. The van der Waals surface area contributed by atoms with Gasteiger partial charge in [-0.3, -0.25) is 9.69 Å². The smallest absolute Gasteiger partial charge is 0.408 e. The van der Waals surface area contributed by atoms with E-state index in [1.54, 1.807) is 0 Å². The maximum atomic E-state index is 13.1. The molecule has 5 heteroatoms. The molecule has 0 aromatic rings. The zero-order valence-electron chi connectivity index (χ0n) is 13.5. The lowest BCUT2D eigenvalue weighted by atomic mass is 9.77. The van der Waals surface area contributed by atoms with Gasteiger partial charge in [0, 0.05) is 18.6 Å². The van der Waals surface area contributed by atoms with Gasteiger partial charge in [-0.2, -0.15) is 0 Å². The standard InChI is InChI=1S/C16H28N2O3/c1-15(2,3)18(14(20)21)16(9-5-4-6-10-16)13(19)17-11-7-8-12-17/h4-12H2,1-3H3,(H,20,21). The highest BCUT2D eigenvalue weighted by atomic mass is 16.4. The first-order chi connectivity index (χ1) is 9.79. The molecule has 1 N–H and O–H groups in total. The maximum Gasteiger partial charge on any atom is 0.408 e. The average Bonchev–Trinajstić information content (AvgIpc) is 2.90. The topological polar surface area (TPSA) is 60.9 Å². The third kappa shape index (κ3) is 3.01. The molecule has 0 bridgehead atoms. The Morgan fingerprint density at radius 1 is 1.00 bits per heavy atom. The molecule has 1 saturated heterocycles. The van der Waals surface area contributed by atoms with Crippen LogP contribution in [0, 0.1) is 0 Å². The van der Waals surface area contributed by atoms with Gasteiger partial charge in [0.25, 0.3) is 0 Å². The summed E-state index contributed by atoms with van der Waals surface area (Å²) in [6, 6.07) is 0. The van der Waals surface area contributed by atoms with Crippen LogP contribution < -0.4 is 0 Å². The van der Waals surface area contributed by atoms with Gasteiger partial charge < -0.3 is 10.0 Å². The van der Waals surface area contributed by atoms with E-state index in [9.17, 15) is 14.7 Å². The maximum absolute atomic E-state index is 13.1. The van der Waals surface area contributed by atoms with Crippen LogP contribution in [-0.2, 0) is 4.79 Å². The van der Waals surface area contributed by atoms with Crippen molar-refractivity contribution in [3.05, 3.63) is 0 Å². The van der Waals surface area contributed by atoms with E-state index < -0.39 is 17.2 Å². The van der Waals surface area contributed by atoms with Crippen molar-refractivity contribution in [2.45, 2.75) is 76.8 Å². The number of hydrogen-bond donors (Lipinski definition) is 1. The van der Waals surface area contributed by atoms with Crippen LogP contribution in [0.25, 0.3) is 0 Å². The van der Waals surface area contributed by atoms with Crippen LogP contribution in [0.3, 0.4) is 0 Å². The summed E-state index contributed by atoms with van der Waals surface area (Å²) in [5.41, 5.74) is -1.43. The summed E-state index contributed by atoms with van der Waals surface area (Å²) in [4.78, 5) is 28.4. The minimum Gasteiger partial charge on any atom is -0.465 e. The molecular formula is C16H28N2O3. The molecule has 0 radical (unpaired) electrons. The number of hydrogen-bond acceptors (Lipinski definition) is 2. The highest BCUT2D eigenvalue weighted by molar-refractivity contribution is 5.90.